The molecule has 0 bridgehead atoms. The summed E-state index contributed by atoms with van der Waals surface area (Å²) < 4.78 is 0. The van der Waals surface area contributed by atoms with E-state index in [1.165, 1.54) is 0 Å². The molecule has 140 valence electrons. The van der Waals surface area contributed by atoms with Crippen molar-refractivity contribution in [2.75, 3.05) is 0 Å². The Morgan fingerprint density at radius 1 is 0.630 bits per heavy atom. The number of aromatic carboxylic acids is 2. The number of carboxylic acid groups (broad SMARTS) is 2. The summed E-state index contributed by atoms with van der Waals surface area (Å²) >= 11 is 0. The summed E-state index contributed by atoms with van der Waals surface area (Å²) in [5.74, 6) is -5.08. The standard InChI is InChI=1S/C11H8O4.C7H6O5/c12-9-5-8(11(14)15)10(13)7-4-2-1-3-6(7)9;8-4-1-3(7(11)12)2-5(9)6(4)10/h1-5,12-13H,(H,14,15);1-2,8-10H,(H,11,12). The van der Waals surface area contributed by atoms with Crippen molar-refractivity contribution in [3.8, 4) is 28.7 Å². The van der Waals surface area contributed by atoms with Gasteiger partial charge >= 0.3 is 11.9 Å². The molecule has 0 saturated heterocycles. The zero-order valence-electron chi connectivity index (χ0n) is 13.5. The zero-order valence-corrected chi connectivity index (χ0v) is 13.5. The third-order valence-electron chi connectivity index (χ3n) is 3.54. The maximum absolute atomic E-state index is 10.7. The molecule has 0 aliphatic carbocycles. The second-order valence-electron chi connectivity index (χ2n) is 5.31. The lowest BCUT2D eigenvalue weighted by atomic mass is 10.0. The molecule has 9 heteroatoms. The molecule has 7 N–H and O–H groups in total. The Hall–Kier alpha value is -4.14. The van der Waals surface area contributed by atoms with E-state index in [-0.39, 0.29) is 22.6 Å². The smallest absolute Gasteiger partial charge is 0.339 e. The number of hydrogen-bond acceptors (Lipinski definition) is 7. The highest BCUT2D eigenvalue weighted by Gasteiger charge is 2.15. The third-order valence-corrected chi connectivity index (χ3v) is 3.54. The van der Waals surface area contributed by atoms with Gasteiger partial charge in [0.25, 0.3) is 0 Å². The van der Waals surface area contributed by atoms with Crippen LogP contribution in [0, 0.1) is 0 Å². The molecular formula is C18H14O9. The molecule has 0 amide bonds. The lowest BCUT2D eigenvalue weighted by molar-refractivity contribution is 0.0684. The van der Waals surface area contributed by atoms with E-state index in [0.717, 1.165) is 18.2 Å². The van der Waals surface area contributed by atoms with Crippen molar-refractivity contribution in [3.63, 3.8) is 0 Å². The Morgan fingerprint density at radius 2 is 1.15 bits per heavy atom. The highest BCUT2D eigenvalue weighted by atomic mass is 16.4. The molecule has 3 rings (SSSR count). The minimum absolute atomic E-state index is 0.152. The van der Waals surface area contributed by atoms with Crippen molar-refractivity contribution in [2.24, 2.45) is 0 Å². The van der Waals surface area contributed by atoms with E-state index in [1.54, 1.807) is 24.3 Å². The quantitative estimate of drug-likeness (QED) is 0.262. The Kier molecular flexibility index (Phi) is 5.26. The van der Waals surface area contributed by atoms with Gasteiger partial charge in [-0.2, -0.15) is 0 Å². The summed E-state index contributed by atoms with van der Waals surface area (Å²) in [5.41, 5.74) is -0.589. The SMILES string of the molecule is O=C(O)c1cc(O)c(O)c(O)c1.O=C(O)c1cc(O)c2ccccc2c1O. The predicted octanol–water partition coefficient (Wildman–Crippen LogP) is 2.45. The van der Waals surface area contributed by atoms with E-state index in [2.05, 4.69) is 0 Å². The van der Waals surface area contributed by atoms with Crippen LogP contribution in [0.15, 0.2) is 42.5 Å². The van der Waals surface area contributed by atoms with Crippen molar-refractivity contribution < 1.29 is 45.3 Å². The van der Waals surface area contributed by atoms with Gasteiger partial charge in [-0.25, -0.2) is 9.59 Å². The molecule has 9 nitrogen and oxygen atoms in total. The summed E-state index contributed by atoms with van der Waals surface area (Å²) in [5, 5.41) is 63.7. The molecule has 3 aromatic rings. The van der Waals surface area contributed by atoms with E-state index >= 15 is 0 Å². The van der Waals surface area contributed by atoms with Crippen LogP contribution >= 0.6 is 0 Å². The molecule has 0 unspecified atom stereocenters. The number of phenols is 5. The average molecular weight is 374 g/mol. The summed E-state index contributed by atoms with van der Waals surface area (Å²) in [6, 6.07) is 9.25. The lowest BCUT2D eigenvalue weighted by Crippen LogP contribution is -1.97. The van der Waals surface area contributed by atoms with E-state index < -0.39 is 29.2 Å². The molecule has 3 aromatic carbocycles. The van der Waals surface area contributed by atoms with Gasteiger partial charge in [-0.1, -0.05) is 24.3 Å². The second kappa shape index (κ2) is 7.40. The van der Waals surface area contributed by atoms with Gasteiger partial charge < -0.3 is 35.7 Å². The van der Waals surface area contributed by atoms with Crippen LogP contribution in [0.1, 0.15) is 20.7 Å². The van der Waals surface area contributed by atoms with Gasteiger partial charge in [-0.3, -0.25) is 0 Å². The van der Waals surface area contributed by atoms with Crippen LogP contribution < -0.4 is 0 Å². The maximum atomic E-state index is 10.7. The van der Waals surface area contributed by atoms with E-state index in [1.807, 2.05) is 0 Å². The molecule has 0 aromatic heterocycles. The second-order valence-corrected chi connectivity index (χ2v) is 5.31. The predicted molar refractivity (Wildman–Crippen MR) is 92.6 cm³/mol. The Balaban J connectivity index is 0.000000199. The van der Waals surface area contributed by atoms with E-state index in [0.29, 0.717) is 10.8 Å². The fraction of sp³-hybridized carbons (Fsp3) is 0. The largest absolute Gasteiger partial charge is 0.507 e. The molecule has 0 spiro atoms. The van der Waals surface area contributed by atoms with Crippen molar-refractivity contribution in [1.29, 1.82) is 0 Å². The van der Waals surface area contributed by atoms with E-state index in [4.69, 9.17) is 25.5 Å². The van der Waals surface area contributed by atoms with Crippen LogP contribution in [-0.2, 0) is 0 Å². The van der Waals surface area contributed by atoms with Gasteiger partial charge in [0.1, 0.15) is 17.1 Å². The Morgan fingerprint density at radius 3 is 1.63 bits per heavy atom. The molecule has 0 aliphatic heterocycles. The topological polar surface area (TPSA) is 176 Å². The first-order valence-corrected chi connectivity index (χ1v) is 7.28. The van der Waals surface area contributed by atoms with Crippen molar-refractivity contribution >= 4 is 22.7 Å². The number of benzene rings is 3. The summed E-state index contributed by atoms with van der Waals surface area (Å²) in [7, 11) is 0. The molecular weight excluding hydrogens is 360 g/mol. The highest BCUT2D eigenvalue weighted by molar-refractivity contribution is 6.02. The van der Waals surface area contributed by atoms with Gasteiger partial charge in [0.15, 0.2) is 17.2 Å². The van der Waals surface area contributed by atoms with Crippen molar-refractivity contribution in [1.82, 2.24) is 0 Å². The molecule has 0 saturated carbocycles. The Bertz CT molecular complexity index is 1020. The van der Waals surface area contributed by atoms with Crippen LogP contribution in [0.2, 0.25) is 0 Å². The zero-order chi connectivity index (χ0) is 20.3. The number of hydrogen-bond donors (Lipinski definition) is 7. The summed E-state index contributed by atoms with van der Waals surface area (Å²) in [6.45, 7) is 0. The number of phenolic OH excluding ortho intramolecular Hbond substituents is 4. The first-order chi connectivity index (χ1) is 12.6. The van der Waals surface area contributed by atoms with E-state index in [9.17, 15) is 19.8 Å². The van der Waals surface area contributed by atoms with Crippen LogP contribution in [0.25, 0.3) is 10.8 Å². The molecule has 27 heavy (non-hydrogen) atoms. The number of carbonyl (C=O) groups is 2. The molecule has 0 fully saturated rings. The minimum Gasteiger partial charge on any atom is -0.507 e. The third kappa shape index (κ3) is 3.93. The number of aromatic hydroxyl groups is 5. The average Bonchev–Trinajstić information content (AvgIpc) is 2.62. The minimum atomic E-state index is -1.29. The van der Waals surface area contributed by atoms with Crippen LogP contribution in [0.3, 0.4) is 0 Å². The van der Waals surface area contributed by atoms with Crippen molar-refractivity contribution in [2.45, 2.75) is 0 Å². The normalized spacial score (nSPS) is 10.1. The highest BCUT2D eigenvalue weighted by Crippen LogP contribution is 2.36. The van der Waals surface area contributed by atoms with Gasteiger partial charge in [0.05, 0.1) is 5.56 Å². The first kappa shape index (κ1) is 19.2. The molecule has 0 heterocycles. The maximum Gasteiger partial charge on any atom is 0.339 e. The van der Waals surface area contributed by atoms with Gasteiger partial charge in [-0.05, 0) is 18.2 Å². The molecule has 0 aliphatic rings. The Labute approximate surface area is 151 Å². The fourth-order valence-corrected chi connectivity index (χ4v) is 2.23. The van der Waals surface area contributed by atoms with Crippen LogP contribution in [-0.4, -0.2) is 47.7 Å². The number of fused-ring (bicyclic) bond motifs is 1. The van der Waals surface area contributed by atoms with Crippen LogP contribution in [0.4, 0.5) is 0 Å². The van der Waals surface area contributed by atoms with Crippen LogP contribution in [0.5, 0.6) is 28.7 Å². The monoisotopic (exact) mass is 374 g/mol. The lowest BCUT2D eigenvalue weighted by Gasteiger charge is -2.06. The van der Waals surface area contributed by atoms with Gasteiger partial charge in [0.2, 0.25) is 0 Å². The number of rotatable bonds is 2. The van der Waals surface area contributed by atoms with Gasteiger partial charge in [0, 0.05) is 10.8 Å². The van der Waals surface area contributed by atoms with Crippen molar-refractivity contribution in [3.05, 3.63) is 53.6 Å². The fourth-order valence-electron chi connectivity index (χ4n) is 2.23. The summed E-state index contributed by atoms with van der Waals surface area (Å²) in [4.78, 5) is 21.1. The first-order valence-electron chi connectivity index (χ1n) is 7.28. The molecule has 0 radical (unpaired) electrons. The summed E-state index contributed by atoms with van der Waals surface area (Å²) in [6.07, 6.45) is 0. The molecule has 0 atom stereocenters. The number of carboxylic acids is 2. The van der Waals surface area contributed by atoms with Gasteiger partial charge in [-0.15, -0.1) is 0 Å².